The van der Waals surface area contributed by atoms with Gasteiger partial charge in [-0.2, -0.15) is 16.5 Å². The van der Waals surface area contributed by atoms with Gasteiger partial charge in [-0.15, -0.1) is 0 Å². The van der Waals surface area contributed by atoms with Crippen molar-refractivity contribution in [2.75, 3.05) is 11.5 Å². The molecule has 0 bridgehead atoms. The zero-order chi connectivity index (χ0) is 15.8. The third-order valence-electron chi connectivity index (χ3n) is 2.99. The lowest BCUT2D eigenvalue weighted by atomic mass is 10.0. The number of aliphatic carboxylic acids is 1. The van der Waals surface area contributed by atoms with Crippen LogP contribution in [0.15, 0.2) is 17.0 Å². The maximum Gasteiger partial charge on any atom is 0.325 e. The molecule has 0 aromatic heterocycles. The average Bonchev–Trinajstić information content (AvgIpc) is 2.75. The summed E-state index contributed by atoms with van der Waals surface area (Å²) < 4.78 is 65.9. The van der Waals surface area contributed by atoms with E-state index in [1.165, 1.54) is 11.8 Å². The van der Waals surface area contributed by atoms with Crippen molar-refractivity contribution >= 4 is 27.8 Å². The summed E-state index contributed by atoms with van der Waals surface area (Å²) in [7, 11) is -4.79. The Bertz CT molecular complexity index is 664. The smallest absolute Gasteiger partial charge is 0.325 e. The van der Waals surface area contributed by atoms with E-state index >= 15 is 0 Å². The number of thioether (sulfide) groups is 1. The van der Waals surface area contributed by atoms with Gasteiger partial charge in [0.05, 0.1) is 0 Å². The van der Waals surface area contributed by atoms with Gasteiger partial charge in [0.25, 0.3) is 0 Å². The minimum absolute atomic E-state index is 0.0172. The molecule has 1 aromatic rings. The minimum Gasteiger partial charge on any atom is -0.480 e. The summed E-state index contributed by atoms with van der Waals surface area (Å²) in [5.41, 5.74) is -1.82. The molecule has 5 nitrogen and oxygen atoms in total. The van der Waals surface area contributed by atoms with Crippen LogP contribution >= 0.6 is 11.8 Å². The number of carboxylic acid groups (broad SMARTS) is 1. The van der Waals surface area contributed by atoms with Gasteiger partial charge in [0.1, 0.15) is 23.0 Å². The quantitative estimate of drug-likeness (QED) is 0.864. The first-order valence-corrected chi connectivity index (χ1v) is 8.31. The summed E-state index contributed by atoms with van der Waals surface area (Å²) >= 11 is 1.20. The lowest BCUT2D eigenvalue weighted by Gasteiger charge is -2.24. The zero-order valence-corrected chi connectivity index (χ0v) is 12.0. The molecule has 1 unspecified atom stereocenters. The van der Waals surface area contributed by atoms with E-state index in [2.05, 4.69) is 0 Å². The highest BCUT2D eigenvalue weighted by Crippen LogP contribution is 2.31. The fourth-order valence-corrected chi connectivity index (χ4v) is 4.88. The van der Waals surface area contributed by atoms with E-state index in [9.17, 15) is 26.4 Å². The standard InChI is InChI=1S/C11H10F3NO4S2/c12-6-3-7(13)9(8(14)4-6)21(18,19)15-11(10(16)17)1-2-20-5-11/h3-4,15H,1-2,5H2,(H,16,17). The maximum atomic E-state index is 13.6. The highest BCUT2D eigenvalue weighted by molar-refractivity contribution is 7.99. The Labute approximate surface area is 122 Å². The molecular weight excluding hydrogens is 331 g/mol. The summed E-state index contributed by atoms with van der Waals surface area (Å²) in [5, 5.41) is 9.17. The zero-order valence-electron chi connectivity index (χ0n) is 10.4. The molecule has 2 N–H and O–H groups in total. The molecule has 1 fully saturated rings. The van der Waals surface area contributed by atoms with E-state index in [4.69, 9.17) is 5.11 Å². The van der Waals surface area contributed by atoms with Crippen molar-refractivity contribution in [3.8, 4) is 0 Å². The Kier molecular flexibility index (Phi) is 4.22. The van der Waals surface area contributed by atoms with Gasteiger partial charge in [-0.1, -0.05) is 0 Å². The first-order chi connectivity index (χ1) is 9.68. The molecule has 0 spiro atoms. The van der Waals surface area contributed by atoms with Crippen LogP contribution in [-0.2, 0) is 14.8 Å². The molecule has 0 aliphatic carbocycles. The maximum absolute atomic E-state index is 13.6. The summed E-state index contributed by atoms with van der Waals surface area (Å²) in [6.45, 7) is 0. The number of hydrogen-bond acceptors (Lipinski definition) is 4. The van der Waals surface area contributed by atoms with Crippen LogP contribution in [0.25, 0.3) is 0 Å². The molecule has 1 heterocycles. The molecule has 10 heteroatoms. The Morgan fingerprint density at radius 1 is 1.29 bits per heavy atom. The van der Waals surface area contributed by atoms with Crippen LogP contribution < -0.4 is 4.72 Å². The van der Waals surface area contributed by atoms with Crippen LogP contribution in [0.5, 0.6) is 0 Å². The van der Waals surface area contributed by atoms with Crippen LogP contribution in [-0.4, -0.2) is 36.5 Å². The molecule has 1 aliphatic heterocycles. The van der Waals surface area contributed by atoms with Gasteiger partial charge in [-0.05, 0) is 12.2 Å². The molecule has 2 rings (SSSR count). The molecule has 21 heavy (non-hydrogen) atoms. The number of nitrogens with one attached hydrogen (secondary N) is 1. The summed E-state index contributed by atoms with van der Waals surface area (Å²) in [6.07, 6.45) is -0.0172. The number of carboxylic acids is 1. The molecule has 1 aliphatic rings. The van der Waals surface area contributed by atoms with E-state index in [1.54, 1.807) is 0 Å². The largest absolute Gasteiger partial charge is 0.480 e. The van der Waals surface area contributed by atoms with Gasteiger partial charge in [-0.25, -0.2) is 21.6 Å². The van der Waals surface area contributed by atoms with Crippen molar-refractivity contribution in [2.24, 2.45) is 0 Å². The second-order valence-corrected chi connectivity index (χ2v) is 7.22. The molecule has 0 radical (unpaired) electrons. The molecule has 1 saturated heterocycles. The SMILES string of the molecule is O=C(O)C1(NS(=O)(=O)c2c(F)cc(F)cc2F)CCSC1. The molecule has 116 valence electrons. The second-order valence-electron chi connectivity index (χ2n) is 4.49. The lowest BCUT2D eigenvalue weighted by molar-refractivity contribution is -0.142. The molecule has 1 atom stereocenters. The number of hydrogen-bond donors (Lipinski definition) is 2. The Balaban J connectivity index is 2.46. The van der Waals surface area contributed by atoms with Crippen LogP contribution in [0, 0.1) is 17.5 Å². The van der Waals surface area contributed by atoms with Crippen molar-refractivity contribution in [1.29, 1.82) is 0 Å². The minimum atomic E-state index is -4.79. The highest BCUT2D eigenvalue weighted by Gasteiger charge is 2.46. The number of halogens is 3. The molecule has 0 saturated carbocycles. The second kappa shape index (κ2) is 5.50. The van der Waals surface area contributed by atoms with Crippen molar-refractivity contribution < 1.29 is 31.5 Å². The predicted molar refractivity (Wildman–Crippen MR) is 68.9 cm³/mol. The van der Waals surface area contributed by atoms with Gasteiger partial charge >= 0.3 is 5.97 Å². The highest BCUT2D eigenvalue weighted by atomic mass is 32.2. The van der Waals surface area contributed by atoms with Crippen LogP contribution in [0.2, 0.25) is 0 Å². The average molecular weight is 341 g/mol. The Morgan fingerprint density at radius 2 is 1.86 bits per heavy atom. The van der Waals surface area contributed by atoms with Gasteiger partial charge in [0, 0.05) is 17.9 Å². The molecule has 1 aromatic carbocycles. The fraction of sp³-hybridized carbons (Fsp3) is 0.364. The summed E-state index contributed by atoms with van der Waals surface area (Å²) in [4.78, 5) is 9.88. The Hall–Kier alpha value is -1.26. The van der Waals surface area contributed by atoms with Crippen molar-refractivity contribution in [3.05, 3.63) is 29.6 Å². The van der Waals surface area contributed by atoms with E-state index in [-0.39, 0.29) is 24.3 Å². The predicted octanol–water partition coefficient (Wildman–Crippen LogP) is 1.34. The Morgan fingerprint density at radius 3 is 2.29 bits per heavy atom. The van der Waals surface area contributed by atoms with Crippen LogP contribution in [0.4, 0.5) is 13.2 Å². The topological polar surface area (TPSA) is 83.5 Å². The third-order valence-corrected chi connectivity index (χ3v) is 5.77. The van der Waals surface area contributed by atoms with Crippen molar-refractivity contribution in [2.45, 2.75) is 16.9 Å². The first-order valence-electron chi connectivity index (χ1n) is 5.68. The van der Waals surface area contributed by atoms with Crippen LogP contribution in [0.3, 0.4) is 0 Å². The van der Waals surface area contributed by atoms with Crippen molar-refractivity contribution in [1.82, 2.24) is 4.72 Å². The van der Waals surface area contributed by atoms with Gasteiger partial charge in [0.2, 0.25) is 10.0 Å². The number of carbonyl (C=O) groups is 1. The fourth-order valence-electron chi connectivity index (χ4n) is 1.95. The normalized spacial score (nSPS) is 22.4. The number of benzene rings is 1. The van der Waals surface area contributed by atoms with Gasteiger partial charge in [0.15, 0.2) is 4.90 Å². The summed E-state index contributed by atoms with van der Waals surface area (Å²) in [5.74, 6) is -5.61. The summed E-state index contributed by atoms with van der Waals surface area (Å²) in [6, 6.07) is 0.433. The lowest BCUT2D eigenvalue weighted by Crippen LogP contribution is -2.54. The van der Waals surface area contributed by atoms with Gasteiger partial charge in [-0.3, -0.25) is 4.79 Å². The van der Waals surface area contributed by atoms with Crippen LogP contribution in [0.1, 0.15) is 6.42 Å². The first kappa shape index (κ1) is 16.1. The van der Waals surface area contributed by atoms with Crippen molar-refractivity contribution in [3.63, 3.8) is 0 Å². The van der Waals surface area contributed by atoms with E-state index < -0.39 is 43.9 Å². The van der Waals surface area contributed by atoms with E-state index in [0.717, 1.165) is 0 Å². The number of sulfonamides is 1. The molecular formula is C11H10F3NO4S2. The van der Waals surface area contributed by atoms with E-state index in [0.29, 0.717) is 5.75 Å². The third kappa shape index (κ3) is 3.01. The number of rotatable bonds is 4. The van der Waals surface area contributed by atoms with Gasteiger partial charge < -0.3 is 5.11 Å². The molecule has 0 amide bonds. The van der Waals surface area contributed by atoms with E-state index in [1.807, 2.05) is 4.72 Å². The monoisotopic (exact) mass is 341 g/mol.